The molecule has 1 aliphatic rings. The quantitative estimate of drug-likeness (QED) is 0.00938. The molecule has 9 atom stereocenters. The average Bonchev–Trinajstić information content (AvgIpc) is 3.29. The second kappa shape index (κ2) is 39.1. The number of phosphoric acid groups is 2. The van der Waals surface area contributed by atoms with Gasteiger partial charge in [-0.25, -0.2) is 9.13 Å². The lowest BCUT2D eigenvalue weighted by atomic mass is 9.85. The van der Waals surface area contributed by atoms with Gasteiger partial charge < -0.3 is 49.7 Å². The number of phosphoric ester groups is 2. The number of hydrogen-bond donors (Lipinski definition) is 8. The summed E-state index contributed by atoms with van der Waals surface area (Å²) >= 11 is 0. The third kappa shape index (κ3) is 33.1. The maximum atomic E-state index is 13.0. The Bertz CT molecular complexity index is 1610. The standard InChI is InChI=1S/C49H84O17P2/c1-3-5-7-9-11-13-14-15-16-17-18-19-20-22-24-28-33-37-43(52)64-41(39-63-68(60,61)66-49-46(55)44(53)45(54)48(47(49)56)65-67(57,58)59)38-62-42(51)36-32-29-25-27-31-35-40(50)34-30-26-23-21-12-10-8-6-4-2/h11-13,15-16,21,25-27,30-31,35,40-41,44-50,53-56H,3-10,14,17-20,22-24,28-29,32-34,36-39H2,1-2H3,(H,60,61)(H2,57,58,59)/b13-11-,16-15-,21-12-,27-25+,30-26-,35-31-/t40?,41-,44?,45?,46?,47?,48-,49+/m1/s1. The van der Waals surface area contributed by atoms with Gasteiger partial charge in [0.25, 0.3) is 0 Å². The zero-order chi connectivity index (χ0) is 50.5. The molecule has 0 radical (unpaired) electrons. The van der Waals surface area contributed by atoms with Crippen molar-refractivity contribution >= 4 is 27.6 Å². The van der Waals surface area contributed by atoms with Crippen molar-refractivity contribution in [2.45, 2.75) is 210 Å². The van der Waals surface area contributed by atoms with Crippen molar-refractivity contribution in [3.05, 3.63) is 72.9 Å². The minimum absolute atomic E-state index is 0.00255. The van der Waals surface area contributed by atoms with Gasteiger partial charge in [0.1, 0.15) is 43.2 Å². The number of allylic oxidation sites excluding steroid dienone is 10. The van der Waals surface area contributed by atoms with E-state index in [0.29, 0.717) is 25.7 Å². The van der Waals surface area contributed by atoms with E-state index < -0.39 is 89.6 Å². The van der Waals surface area contributed by atoms with Crippen LogP contribution in [0.3, 0.4) is 0 Å². The van der Waals surface area contributed by atoms with Crippen LogP contribution in [0, 0.1) is 0 Å². The van der Waals surface area contributed by atoms with Crippen LogP contribution in [-0.4, -0.2) is 114 Å². The van der Waals surface area contributed by atoms with Gasteiger partial charge in [-0.15, -0.1) is 0 Å². The number of unbranched alkanes of at least 4 members (excludes halogenated alkanes) is 14. The molecular formula is C49H84O17P2. The van der Waals surface area contributed by atoms with Gasteiger partial charge in [-0.1, -0.05) is 145 Å². The second-order valence-corrected chi connectivity index (χ2v) is 19.6. The van der Waals surface area contributed by atoms with Crippen LogP contribution in [-0.2, 0) is 41.8 Å². The van der Waals surface area contributed by atoms with E-state index in [0.717, 1.165) is 70.6 Å². The van der Waals surface area contributed by atoms with E-state index in [-0.39, 0.29) is 12.8 Å². The summed E-state index contributed by atoms with van der Waals surface area (Å²) in [5.74, 6) is -1.35. The van der Waals surface area contributed by atoms with Crippen LogP contribution in [0.4, 0.5) is 0 Å². The van der Waals surface area contributed by atoms with Gasteiger partial charge in [0.2, 0.25) is 0 Å². The first-order chi connectivity index (χ1) is 32.5. The fourth-order valence-electron chi connectivity index (χ4n) is 6.95. The van der Waals surface area contributed by atoms with Crippen molar-refractivity contribution in [2.24, 2.45) is 0 Å². The van der Waals surface area contributed by atoms with Gasteiger partial charge >= 0.3 is 27.6 Å². The molecule has 392 valence electrons. The molecule has 0 bridgehead atoms. The summed E-state index contributed by atoms with van der Waals surface area (Å²) in [6.07, 6.45) is 28.7. The summed E-state index contributed by atoms with van der Waals surface area (Å²) in [4.78, 5) is 54.3. The fourth-order valence-corrected chi connectivity index (χ4v) is 8.49. The number of rotatable bonds is 40. The fraction of sp³-hybridized carbons (Fsp3) is 0.714. The normalized spacial score (nSPS) is 22.3. The predicted molar refractivity (Wildman–Crippen MR) is 261 cm³/mol. The van der Waals surface area contributed by atoms with E-state index >= 15 is 0 Å². The first-order valence-corrected chi connectivity index (χ1v) is 27.6. The summed E-state index contributed by atoms with van der Waals surface area (Å²) in [6.45, 7) is 2.92. The first kappa shape index (κ1) is 63.4. The van der Waals surface area contributed by atoms with E-state index in [9.17, 15) is 58.9 Å². The lowest BCUT2D eigenvalue weighted by Gasteiger charge is -2.43. The Labute approximate surface area is 404 Å². The number of ether oxygens (including phenoxy) is 2. The molecule has 68 heavy (non-hydrogen) atoms. The third-order valence-corrected chi connectivity index (χ3v) is 12.3. The van der Waals surface area contributed by atoms with Crippen molar-refractivity contribution < 1.29 is 82.0 Å². The summed E-state index contributed by atoms with van der Waals surface area (Å²) in [7, 11) is -10.7. The lowest BCUT2D eigenvalue weighted by molar-refractivity contribution is -0.216. The van der Waals surface area contributed by atoms with Crippen LogP contribution in [0.1, 0.15) is 162 Å². The van der Waals surface area contributed by atoms with Crippen LogP contribution in [0.25, 0.3) is 0 Å². The van der Waals surface area contributed by atoms with Crippen LogP contribution in [0.15, 0.2) is 72.9 Å². The monoisotopic (exact) mass is 1010 g/mol. The van der Waals surface area contributed by atoms with Crippen molar-refractivity contribution in [3.63, 3.8) is 0 Å². The topological polar surface area (TPSA) is 276 Å². The minimum Gasteiger partial charge on any atom is -0.462 e. The lowest BCUT2D eigenvalue weighted by Crippen LogP contribution is -2.64. The molecule has 0 aromatic rings. The number of carbonyl (C=O) groups is 2. The van der Waals surface area contributed by atoms with E-state index in [1.165, 1.54) is 38.5 Å². The zero-order valence-electron chi connectivity index (χ0n) is 40.4. The Balaban J connectivity index is 2.66. The molecule has 1 aliphatic carbocycles. The highest BCUT2D eigenvalue weighted by Gasteiger charge is 2.54. The smallest absolute Gasteiger partial charge is 0.462 e. The highest BCUT2D eigenvalue weighted by Crippen LogP contribution is 2.49. The van der Waals surface area contributed by atoms with Gasteiger partial charge in [-0.05, 0) is 77.0 Å². The van der Waals surface area contributed by atoms with Crippen LogP contribution in [0.5, 0.6) is 0 Å². The number of aliphatic hydroxyl groups excluding tert-OH is 5. The minimum atomic E-state index is -5.38. The molecule has 8 N–H and O–H groups in total. The molecular weight excluding hydrogens is 922 g/mol. The van der Waals surface area contributed by atoms with Crippen molar-refractivity contribution in [2.75, 3.05) is 13.2 Å². The SMILES string of the molecule is CCCCC/C=C\C/C=C\CCCCCCCCCC(=O)O[C@H](COC(=O)CCC/C=C/C=C\C(O)C/C=C\C/C=C\CCCCC)COP(=O)(O)O[C@H]1C(O)C(O)C(O)[C@@H](OP(=O)(O)O)C1O. The predicted octanol–water partition coefficient (Wildman–Crippen LogP) is 8.59. The molecule has 0 saturated heterocycles. The molecule has 0 amide bonds. The Morgan fingerprint density at radius 3 is 1.62 bits per heavy atom. The van der Waals surface area contributed by atoms with Gasteiger partial charge in [0.05, 0.1) is 12.7 Å². The van der Waals surface area contributed by atoms with Gasteiger partial charge in [0, 0.05) is 12.8 Å². The molecule has 17 nitrogen and oxygen atoms in total. The Morgan fingerprint density at radius 2 is 1.04 bits per heavy atom. The third-order valence-electron chi connectivity index (χ3n) is 10.8. The summed E-state index contributed by atoms with van der Waals surface area (Å²) in [5.41, 5.74) is 0. The molecule has 1 fully saturated rings. The molecule has 0 aliphatic heterocycles. The number of esters is 2. The number of aliphatic hydroxyl groups is 5. The number of hydrogen-bond acceptors (Lipinski definition) is 14. The largest absolute Gasteiger partial charge is 0.472 e. The van der Waals surface area contributed by atoms with E-state index in [1.54, 1.807) is 18.2 Å². The Hall–Kier alpha value is -2.60. The molecule has 6 unspecified atom stereocenters. The summed E-state index contributed by atoms with van der Waals surface area (Å²) in [5, 5.41) is 51.4. The maximum absolute atomic E-state index is 13.0. The van der Waals surface area contributed by atoms with Gasteiger partial charge in [-0.3, -0.25) is 23.2 Å². The Morgan fingerprint density at radius 1 is 0.544 bits per heavy atom. The molecule has 0 aromatic carbocycles. The first-order valence-electron chi connectivity index (χ1n) is 24.6. The zero-order valence-corrected chi connectivity index (χ0v) is 42.2. The second-order valence-electron chi connectivity index (χ2n) is 17.0. The van der Waals surface area contributed by atoms with Crippen LogP contribution in [0.2, 0.25) is 0 Å². The van der Waals surface area contributed by atoms with Crippen LogP contribution < -0.4 is 0 Å². The van der Waals surface area contributed by atoms with E-state index in [4.69, 9.17) is 18.5 Å². The highest BCUT2D eigenvalue weighted by molar-refractivity contribution is 7.47. The average molecular weight is 1010 g/mol. The van der Waals surface area contributed by atoms with Crippen molar-refractivity contribution in [1.82, 2.24) is 0 Å². The molecule has 19 heteroatoms. The molecule has 0 aromatic heterocycles. The number of carbonyl (C=O) groups excluding carboxylic acids is 2. The molecule has 0 spiro atoms. The van der Waals surface area contributed by atoms with Gasteiger partial charge in [-0.2, -0.15) is 0 Å². The van der Waals surface area contributed by atoms with E-state index in [1.807, 2.05) is 18.2 Å². The van der Waals surface area contributed by atoms with Gasteiger partial charge in [0.15, 0.2) is 6.10 Å². The molecule has 0 heterocycles. The van der Waals surface area contributed by atoms with Crippen LogP contribution >= 0.6 is 15.6 Å². The highest BCUT2D eigenvalue weighted by atomic mass is 31.2. The summed E-state index contributed by atoms with van der Waals surface area (Å²) < 4.78 is 49.3. The Kier molecular flexibility index (Phi) is 36.4. The molecule has 1 saturated carbocycles. The van der Waals surface area contributed by atoms with Crippen molar-refractivity contribution in [3.8, 4) is 0 Å². The van der Waals surface area contributed by atoms with Crippen molar-refractivity contribution in [1.29, 1.82) is 0 Å². The molecule has 1 rings (SSSR count). The van der Waals surface area contributed by atoms with E-state index in [2.05, 4.69) is 54.8 Å². The maximum Gasteiger partial charge on any atom is 0.472 e. The summed E-state index contributed by atoms with van der Waals surface area (Å²) in [6, 6.07) is 0.